The maximum absolute atomic E-state index is 12.8. The van der Waals surface area contributed by atoms with Crippen LogP contribution in [0.3, 0.4) is 0 Å². The Morgan fingerprint density at radius 3 is 2.42 bits per heavy atom. The lowest BCUT2D eigenvalue weighted by atomic mass is 10.3. The molecule has 24 heavy (non-hydrogen) atoms. The van der Waals surface area contributed by atoms with Crippen LogP contribution in [0, 0.1) is 0 Å². The van der Waals surface area contributed by atoms with Crippen molar-refractivity contribution in [2.24, 2.45) is 7.05 Å². The van der Waals surface area contributed by atoms with Gasteiger partial charge in [0.2, 0.25) is 5.82 Å². The summed E-state index contributed by atoms with van der Waals surface area (Å²) >= 11 is 1.10. The number of para-hydroxylation sites is 1. The molecule has 0 unspecified atom stereocenters. The fourth-order valence-corrected chi connectivity index (χ4v) is 2.98. The van der Waals surface area contributed by atoms with E-state index in [0.29, 0.717) is 5.82 Å². The Labute approximate surface area is 138 Å². The van der Waals surface area contributed by atoms with Gasteiger partial charge in [0.15, 0.2) is 11.0 Å². The van der Waals surface area contributed by atoms with Gasteiger partial charge in [0, 0.05) is 7.05 Å². The molecule has 2 aromatic heterocycles. The molecule has 0 N–H and O–H groups in total. The normalized spacial score (nSPS) is 13.2. The summed E-state index contributed by atoms with van der Waals surface area (Å²) in [5, 5.41) is 18.2. The summed E-state index contributed by atoms with van der Waals surface area (Å²) in [6.45, 7) is 1.79. The van der Waals surface area contributed by atoms with Crippen molar-refractivity contribution in [3.05, 3.63) is 42.0 Å². The summed E-state index contributed by atoms with van der Waals surface area (Å²) in [6, 6.07) is 9.22. The molecule has 0 aliphatic carbocycles. The van der Waals surface area contributed by atoms with Crippen LogP contribution in [0.1, 0.15) is 23.8 Å². The summed E-state index contributed by atoms with van der Waals surface area (Å²) in [5.41, 5.74) is 0.763. The molecule has 0 saturated carbocycles. The minimum atomic E-state index is -4.55. The molecule has 0 spiro atoms. The summed E-state index contributed by atoms with van der Waals surface area (Å²) in [4.78, 5) is 0. The van der Waals surface area contributed by atoms with Gasteiger partial charge in [-0.15, -0.1) is 15.3 Å². The minimum absolute atomic E-state index is 0.137. The van der Waals surface area contributed by atoms with Gasteiger partial charge < -0.3 is 4.57 Å². The molecule has 1 aromatic carbocycles. The fourth-order valence-electron chi connectivity index (χ4n) is 2.08. The molecular weight excluding hydrogens is 343 g/mol. The summed E-state index contributed by atoms with van der Waals surface area (Å²) in [5.74, 6) is -0.539. The molecule has 1 atom stereocenters. The second-order valence-corrected chi connectivity index (χ2v) is 6.22. The van der Waals surface area contributed by atoms with Crippen LogP contribution in [0.15, 0.2) is 35.5 Å². The Morgan fingerprint density at radius 2 is 1.79 bits per heavy atom. The highest BCUT2D eigenvalue weighted by Crippen LogP contribution is 2.35. The molecule has 3 rings (SSSR count). The summed E-state index contributed by atoms with van der Waals surface area (Å²) < 4.78 is 40.8. The Morgan fingerprint density at radius 1 is 1.08 bits per heavy atom. The van der Waals surface area contributed by atoms with Crippen LogP contribution in [0.5, 0.6) is 0 Å². The van der Waals surface area contributed by atoms with E-state index >= 15 is 0 Å². The molecule has 0 bridgehead atoms. The maximum Gasteiger partial charge on any atom is 0.451 e. The van der Waals surface area contributed by atoms with E-state index < -0.39 is 12.0 Å². The third-order valence-electron chi connectivity index (χ3n) is 3.23. The van der Waals surface area contributed by atoms with Gasteiger partial charge in [-0.1, -0.05) is 30.0 Å². The average Bonchev–Trinajstić information content (AvgIpc) is 3.15. The number of alkyl halides is 3. The standard InChI is InChI=1S/C13H12F3N7S/c1-8(24-12-19-18-11(22(12)2)13(14,15)16)10-17-20-21-23(10)9-6-4-3-5-7-9/h3-8H,1-2H3/t8-/m1/s1. The molecule has 0 fully saturated rings. The van der Waals surface area contributed by atoms with E-state index in [-0.39, 0.29) is 10.4 Å². The first kappa shape index (κ1) is 16.4. The molecule has 11 heteroatoms. The van der Waals surface area contributed by atoms with Gasteiger partial charge in [0.25, 0.3) is 0 Å². The van der Waals surface area contributed by atoms with E-state index in [1.54, 1.807) is 11.6 Å². The largest absolute Gasteiger partial charge is 0.451 e. The number of rotatable bonds is 4. The second kappa shape index (κ2) is 6.23. The van der Waals surface area contributed by atoms with Crippen LogP contribution < -0.4 is 0 Å². The van der Waals surface area contributed by atoms with E-state index in [2.05, 4.69) is 25.7 Å². The lowest BCUT2D eigenvalue weighted by Crippen LogP contribution is -2.13. The lowest BCUT2D eigenvalue weighted by Gasteiger charge is -2.11. The molecule has 0 radical (unpaired) electrons. The van der Waals surface area contributed by atoms with Crippen LogP contribution in [0.2, 0.25) is 0 Å². The monoisotopic (exact) mass is 355 g/mol. The van der Waals surface area contributed by atoms with Gasteiger partial charge in [-0.25, -0.2) is 0 Å². The number of hydrogen-bond donors (Lipinski definition) is 0. The number of thioether (sulfide) groups is 1. The van der Waals surface area contributed by atoms with Gasteiger partial charge >= 0.3 is 6.18 Å². The van der Waals surface area contributed by atoms with Crippen LogP contribution >= 0.6 is 11.8 Å². The number of aromatic nitrogens is 7. The van der Waals surface area contributed by atoms with E-state index in [1.165, 1.54) is 7.05 Å². The number of hydrogen-bond acceptors (Lipinski definition) is 6. The van der Waals surface area contributed by atoms with E-state index in [4.69, 9.17) is 0 Å². The SMILES string of the molecule is C[C@@H](Sc1nnc(C(F)(F)F)n1C)c1nnnn1-c1ccccc1. The van der Waals surface area contributed by atoms with Crippen LogP contribution in [0.4, 0.5) is 13.2 Å². The van der Waals surface area contributed by atoms with Crippen molar-refractivity contribution >= 4 is 11.8 Å². The third-order valence-corrected chi connectivity index (χ3v) is 4.36. The van der Waals surface area contributed by atoms with E-state index in [0.717, 1.165) is 22.0 Å². The number of benzene rings is 1. The first-order valence-electron chi connectivity index (χ1n) is 6.85. The highest BCUT2D eigenvalue weighted by Gasteiger charge is 2.37. The zero-order chi connectivity index (χ0) is 17.3. The number of tetrazole rings is 1. The highest BCUT2D eigenvalue weighted by atomic mass is 32.2. The van der Waals surface area contributed by atoms with Gasteiger partial charge in [-0.3, -0.25) is 0 Å². The lowest BCUT2D eigenvalue weighted by molar-refractivity contribution is -0.147. The highest BCUT2D eigenvalue weighted by molar-refractivity contribution is 7.99. The Bertz CT molecular complexity index is 828. The molecular formula is C13H12F3N7S. The van der Waals surface area contributed by atoms with Crippen molar-refractivity contribution in [2.75, 3.05) is 0 Å². The first-order chi connectivity index (χ1) is 11.4. The van der Waals surface area contributed by atoms with Gasteiger partial charge in [0.05, 0.1) is 10.9 Å². The maximum atomic E-state index is 12.8. The Hall–Kier alpha value is -2.43. The second-order valence-electron chi connectivity index (χ2n) is 4.91. The van der Waals surface area contributed by atoms with Crippen molar-refractivity contribution in [3.8, 4) is 5.69 Å². The van der Waals surface area contributed by atoms with Crippen molar-refractivity contribution in [1.29, 1.82) is 0 Å². The van der Waals surface area contributed by atoms with Crippen molar-refractivity contribution in [1.82, 2.24) is 35.0 Å². The quantitative estimate of drug-likeness (QED) is 0.670. The smallest absolute Gasteiger partial charge is 0.302 e. The minimum Gasteiger partial charge on any atom is -0.302 e. The average molecular weight is 355 g/mol. The molecule has 0 amide bonds. The molecule has 2 heterocycles. The molecule has 0 aliphatic rings. The van der Waals surface area contributed by atoms with Crippen molar-refractivity contribution in [3.63, 3.8) is 0 Å². The first-order valence-corrected chi connectivity index (χ1v) is 7.73. The molecule has 7 nitrogen and oxygen atoms in total. The van der Waals surface area contributed by atoms with Gasteiger partial charge in [0.1, 0.15) is 0 Å². The molecule has 126 valence electrons. The van der Waals surface area contributed by atoms with E-state index in [9.17, 15) is 13.2 Å². The van der Waals surface area contributed by atoms with Gasteiger partial charge in [-0.2, -0.15) is 17.9 Å². The molecule has 0 aliphatic heterocycles. The zero-order valence-electron chi connectivity index (χ0n) is 12.6. The van der Waals surface area contributed by atoms with E-state index in [1.807, 2.05) is 30.3 Å². The summed E-state index contributed by atoms with van der Waals surface area (Å²) in [7, 11) is 1.28. The van der Waals surface area contributed by atoms with Crippen LogP contribution in [-0.4, -0.2) is 35.0 Å². The zero-order valence-corrected chi connectivity index (χ0v) is 13.5. The predicted molar refractivity (Wildman–Crippen MR) is 79.4 cm³/mol. The summed E-state index contributed by atoms with van der Waals surface area (Å²) in [6.07, 6.45) is -4.55. The van der Waals surface area contributed by atoms with Crippen LogP contribution in [0.25, 0.3) is 5.69 Å². The van der Waals surface area contributed by atoms with Crippen LogP contribution in [-0.2, 0) is 13.2 Å². The number of nitrogens with zero attached hydrogens (tertiary/aromatic N) is 7. The van der Waals surface area contributed by atoms with Crippen molar-refractivity contribution in [2.45, 2.75) is 23.5 Å². The van der Waals surface area contributed by atoms with Crippen molar-refractivity contribution < 1.29 is 13.2 Å². The van der Waals surface area contributed by atoms with Gasteiger partial charge in [-0.05, 0) is 29.5 Å². The molecule has 3 aromatic rings. The fraction of sp³-hybridized carbons (Fsp3) is 0.308. The third kappa shape index (κ3) is 3.11. The Balaban J connectivity index is 1.86. The topological polar surface area (TPSA) is 74.3 Å². The Kier molecular flexibility index (Phi) is 4.26. The predicted octanol–water partition coefficient (Wildman–Crippen LogP) is 2.66. The number of halogens is 3. The molecule has 0 saturated heterocycles.